The van der Waals surface area contributed by atoms with Gasteiger partial charge in [-0.3, -0.25) is 38.4 Å². The van der Waals surface area contributed by atoms with E-state index < -0.39 is 115 Å². The highest BCUT2D eigenvalue weighted by molar-refractivity contribution is 6.02. The molecule has 9 rings (SSSR count). The molecule has 4 aliphatic heterocycles. The topological polar surface area (TPSA) is 282 Å². The lowest BCUT2D eigenvalue weighted by Gasteiger charge is -2.56. The van der Waals surface area contributed by atoms with Crippen LogP contribution in [0.1, 0.15) is 95.0 Å². The van der Waals surface area contributed by atoms with Gasteiger partial charge in [-0.05, 0) is 74.5 Å². The average Bonchev–Trinajstić information content (AvgIpc) is 4.07. The Morgan fingerprint density at radius 1 is 0.942 bits per heavy atom. The highest BCUT2D eigenvalue weighted by atomic mass is 16.7. The first-order valence-electron chi connectivity index (χ1n) is 23.9. The van der Waals surface area contributed by atoms with Crippen molar-refractivity contribution in [1.82, 2.24) is 20.6 Å². The van der Waals surface area contributed by atoms with Crippen molar-refractivity contribution in [2.24, 2.45) is 34.5 Å². The first-order valence-corrected chi connectivity index (χ1v) is 23.9. The molecule has 20 nitrogen and oxygen atoms in total. The number of likely N-dealkylation sites (tertiary alicyclic amines) is 1. The van der Waals surface area contributed by atoms with Gasteiger partial charge in [0.2, 0.25) is 17.7 Å². The van der Waals surface area contributed by atoms with Crippen LogP contribution >= 0.6 is 0 Å². The molecule has 4 heterocycles. The Labute approximate surface area is 397 Å². The summed E-state index contributed by atoms with van der Waals surface area (Å²) in [5.41, 5.74) is 0.531. The van der Waals surface area contributed by atoms with Crippen LogP contribution < -0.4 is 10.6 Å². The number of carbonyl (C=O) groups is 9. The number of fused-ring (bicyclic) bond motifs is 7. The number of carbonyl (C=O) groups excluding carboxylic acids is 8. The highest BCUT2D eigenvalue weighted by Crippen LogP contribution is 2.65. The lowest BCUT2D eigenvalue weighted by Crippen LogP contribution is -2.63. The van der Waals surface area contributed by atoms with Crippen LogP contribution in [0.3, 0.4) is 0 Å². The lowest BCUT2D eigenvalue weighted by molar-refractivity contribution is -0.197. The van der Waals surface area contributed by atoms with E-state index in [4.69, 9.17) is 19.0 Å². The number of ether oxygens (including phenoxy) is 3. The maximum atomic E-state index is 13.8. The van der Waals surface area contributed by atoms with E-state index in [1.807, 2.05) is 30.3 Å². The monoisotopic (exact) mass is 958 g/mol. The molecule has 1 aromatic rings. The molecule has 20 heteroatoms. The molecule has 4 aliphatic carbocycles. The van der Waals surface area contributed by atoms with Gasteiger partial charge in [-0.15, -0.1) is 5.06 Å². The van der Waals surface area contributed by atoms with Crippen molar-refractivity contribution in [2.45, 2.75) is 120 Å². The van der Waals surface area contributed by atoms with E-state index >= 15 is 0 Å². The molecule has 0 radical (unpaired) electrons. The third-order valence-electron chi connectivity index (χ3n) is 16.0. The predicted octanol–water partition coefficient (Wildman–Crippen LogP) is 0.913. The SMILES string of the molecule is C[C@]12C=CC(=O)C=C1CC[C@@H]1[C@@H]2[C@@H](O)CC2[C@H]1C[C@H]1O[C@@H](c3ccc(CC4CC5(CO4)CN(C(=O)[C@H](CCC(=O)O)NC(=O)CNC(=O)CCC(=O)ON4C(=O)CCC4=O)C5)cc3)O[C@@]21C(=O)CO. The largest absolute Gasteiger partial charge is 0.481 e. The molecule has 0 aromatic heterocycles. The number of rotatable bonds is 16. The van der Waals surface area contributed by atoms with Crippen LogP contribution in [0.4, 0.5) is 0 Å². The summed E-state index contributed by atoms with van der Waals surface area (Å²) in [4.78, 5) is 118. The number of nitrogens with zero attached hydrogens (tertiary/aromatic N) is 2. The molecule has 5 amide bonds. The van der Waals surface area contributed by atoms with Gasteiger partial charge in [-0.25, -0.2) is 4.79 Å². The molecule has 0 bridgehead atoms. The van der Waals surface area contributed by atoms with Crippen LogP contribution in [0.15, 0.2) is 48.1 Å². The highest BCUT2D eigenvalue weighted by Gasteiger charge is 2.70. The van der Waals surface area contributed by atoms with E-state index in [1.54, 1.807) is 17.1 Å². The molecule has 11 atom stereocenters. The summed E-state index contributed by atoms with van der Waals surface area (Å²) in [6.45, 7) is 1.89. The fourth-order valence-corrected chi connectivity index (χ4v) is 12.8. The number of carboxylic acid groups (broad SMARTS) is 1. The molecule has 2 unspecified atom stereocenters. The molecule has 4 saturated heterocycles. The van der Waals surface area contributed by atoms with Crippen LogP contribution in [0.25, 0.3) is 0 Å². The number of benzene rings is 1. The number of hydrogen-bond acceptors (Lipinski definition) is 15. The Kier molecular flexibility index (Phi) is 13.3. The van der Waals surface area contributed by atoms with Gasteiger partial charge in [0, 0.05) is 67.0 Å². The molecule has 7 fully saturated rings. The van der Waals surface area contributed by atoms with E-state index in [0.717, 1.165) is 24.0 Å². The van der Waals surface area contributed by atoms with Gasteiger partial charge in [0.1, 0.15) is 12.6 Å². The van der Waals surface area contributed by atoms with Crippen molar-refractivity contribution < 1.29 is 77.5 Å². The van der Waals surface area contributed by atoms with Crippen LogP contribution in [-0.2, 0) is 68.6 Å². The molecular weight excluding hydrogens is 901 g/mol. The van der Waals surface area contributed by atoms with Crippen molar-refractivity contribution >= 4 is 53.0 Å². The second-order valence-corrected chi connectivity index (χ2v) is 20.3. The van der Waals surface area contributed by atoms with E-state index in [-0.39, 0.29) is 60.2 Å². The Morgan fingerprint density at radius 3 is 2.39 bits per heavy atom. The molecule has 1 aromatic carbocycles. The van der Waals surface area contributed by atoms with Crippen molar-refractivity contribution in [3.63, 3.8) is 0 Å². The molecule has 8 aliphatic rings. The minimum Gasteiger partial charge on any atom is -0.481 e. The zero-order valence-corrected chi connectivity index (χ0v) is 38.3. The van der Waals surface area contributed by atoms with Crippen LogP contribution in [-0.4, -0.2) is 141 Å². The molecule has 69 heavy (non-hydrogen) atoms. The normalized spacial score (nSPS) is 33.1. The van der Waals surface area contributed by atoms with Crippen molar-refractivity contribution in [2.75, 3.05) is 32.8 Å². The summed E-state index contributed by atoms with van der Waals surface area (Å²) in [6.07, 6.45) is 4.83. The van der Waals surface area contributed by atoms with Crippen LogP contribution in [0.5, 0.6) is 0 Å². The third kappa shape index (κ3) is 9.17. The molecular formula is C49H58N4O16. The second-order valence-electron chi connectivity index (χ2n) is 20.3. The summed E-state index contributed by atoms with van der Waals surface area (Å²) < 4.78 is 19.4. The summed E-state index contributed by atoms with van der Waals surface area (Å²) in [7, 11) is 0. The number of carboxylic acids is 1. The predicted molar refractivity (Wildman–Crippen MR) is 234 cm³/mol. The number of allylic oxidation sites excluding steroid dienone is 4. The zero-order chi connectivity index (χ0) is 49.0. The quantitative estimate of drug-likeness (QED) is 0.144. The Balaban J connectivity index is 0.750. The number of imide groups is 1. The van der Waals surface area contributed by atoms with Crippen molar-refractivity contribution in [3.8, 4) is 0 Å². The van der Waals surface area contributed by atoms with E-state index in [1.165, 1.54) is 0 Å². The minimum absolute atomic E-state index is 0.0262. The van der Waals surface area contributed by atoms with E-state index in [9.17, 15) is 58.5 Å². The van der Waals surface area contributed by atoms with Gasteiger partial charge in [0.25, 0.3) is 11.8 Å². The Hall–Kier alpha value is -5.67. The maximum Gasteiger partial charge on any atom is 0.333 e. The fraction of sp³-hybridized carbons (Fsp3) is 0.612. The number of ketones is 2. The number of amides is 5. The standard InChI is InChI=1S/C49H58N4O16/c1-47-15-14-29(55)17-28(47)6-7-31-32-18-37-49(36(57)22-54,33(32)19-35(56)44(31)47)68-46(67-37)27-4-2-26(3-5-27)16-30-20-48(25-66-30)23-52(24-48)45(65)34(8-12-42(62)63)51-39(59)21-50-38(58)9-13-43(64)69-53-40(60)10-11-41(53)61/h2-5,14-15,17,30-35,37,44,46,54,56H,6-13,16,18-25H2,1H3,(H,50,58)(H,51,59)(H,62,63)/t30?,31-,32-,33?,34-,35-,37+,44+,46+,47-,49+/m0/s1. The number of nitrogens with one attached hydrogen (secondary N) is 2. The molecule has 5 N–H and O–H groups in total. The smallest absolute Gasteiger partial charge is 0.333 e. The number of hydroxylamine groups is 2. The second kappa shape index (κ2) is 18.9. The summed E-state index contributed by atoms with van der Waals surface area (Å²) in [6, 6.07) is 6.50. The number of aliphatic hydroxyl groups is 2. The number of Topliss-reactive ketones (excluding diaryl/α,β-unsaturated/α-hetero) is 1. The first-order chi connectivity index (χ1) is 32.9. The molecule has 1 spiro atoms. The van der Waals surface area contributed by atoms with Crippen LogP contribution in [0.2, 0.25) is 0 Å². The Bertz CT molecular complexity index is 2360. The van der Waals surface area contributed by atoms with Gasteiger partial charge in [0.05, 0.1) is 37.9 Å². The summed E-state index contributed by atoms with van der Waals surface area (Å²) in [5, 5.41) is 36.6. The fourth-order valence-electron chi connectivity index (χ4n) is 12.8. The summed E-state index contributed by atoms with van der Waals surface area (Å²) >= 11 is 0. The third-order valence-corrected chi connectivity index (χ3v) is 16.0. The molecule has 370 valence electrons. The number of aliphatic hydroxyl groups excluding tert-OH is 2. The summed E-state index contributed by atoms with van der Waals surface area (Å²) in [5.74, 6) is -6.26. The molecule has 3 saturated carbocycles. The maximum absolute atomic E-state index is 13.8. The van der Waals surface area contributed by atoms with Gasteiger partial charge in [0.15, 0.2) is 23.5 Å². The average molecular weight is 959 g/mol. The van der Waals surface area contributed by atoms with Gasteiger partial charge in [-0.2, -0.15) is 0 Å². The van der Waals surface area contributed by atoms with E-state index in [2.05, 4.69) is 17.6 Å². The number of hydrogen-bond donors (Lipinski definition) is 5. The zero-order valence-electron chi connectivity index (χ0n) is 38.3. The minimum atomic E-state index is -1.41. The first kappa shape index (κ1) is 48.4. The van der Waals surface area contributed by atoms with Gasteiger partial charge >= 0.3 is 11.9 Å². The van der Waals surface area contributed by atoms with Gasteiger partial charge < -0.3 is 49.9 Å². The Morgan fingerprint density at radius 2 is 1.68 bits per heavy atom. The van der Waals surface area contributed by atoms with Crippen molar-refractivity contribution in [3.05, 3.63) is 59.2 Å². The van der Waals surface area contributed by atoms with Gasteiger partial charge in [-0.1, -0.05) is 42.8 Å². The van der Waals surface area contributed by atoms with E-state index in [0.29, 0.717) is 56.0 Å². The van der Waals surface area contributed by atoms with Crippen molar-refractivity contribution in [1.29, 1.82) is 0 Å². The van der Waals surface area contributed by atoms with Crippen LogP contribution in [0, 0.1) is 34.5 Å². The lowest BCUT2D eigenvalue weighted by atomic mass is 9.49. The number of aliphatic carboxylic acids is 1.